The molecule has 0 aliphatic rings. The second-order valence-corrected chi connectivity index (χ2v) is 5.56. The third-order valence-corrected chi connectivity index (χ3v) is 3.94. The van der Waals surface area contributed by atoms with Crippen molar-refractivity contribution in [3.63, 3.8) is 0 Å². The van der Waals surface area contributed by atoms with Crippen molar-refractivity contribution in [2.24, 2.45) is 0 Å². The van der Waals surface area contributed by atoms with Crippen LogP contribution in [0.4, 0.5) is 0 Å². The molecule has 2 aromatic rings. The Morgan fingerprint density at radius 3 is 2.33 bits per heavy atom. The number of amides is 1. The molecule has 0 aromatic carbocycles. The molecule has 0 aliphatic heterocycles. The number of H-pyrrole nitrogens is 2. The quantitative estimate of drug-likeness (QED) is 0.788. The van der Waals surface area contributed by atoms with Crippen molar-refractivity contribution in [3.8, 4) is 0 Å². The summed E-state index contributed by atoms with van der Waals surface area (Å²) in [5.41, 5.74) is 6.15. The molecule has 6 heteroatoms. The SMILES string of the molecule is Cc1n[nH]c(C)c1[C@@H](C)NC(=O)CCc1n[nH]c(C)c1C. The minimum absolute atomic E-state index is 0.0301. The van der Waals surface area contributed by atoms with Gasteiger partial charge in [-0.2, -0.15) is 10.2 Å². The van der Waals surface area contributed by atoms with E-state index in [4.69, 9.17) is 0 Å². The fraction of sp³-hybridized carbons (Fsp3) is 0.533. The number of rotatable bonds is 5. The normalized spacial score (nSPS) is 12.4. The molecule has 2 aromatic heterocycles. The number of hydrogen-bond donors (Lipinski definition) is 3. The van der Waals surface area contributed by atoms with Gasteiger partial charge in [0.15, 0.2) is 0 Å². The number of nitrogens with one attached hydrogen (secondary N) is 3. The van der Waals surface area contributed by atoms with Crippen LogP contribution >= 0.6 is 0 Å². The summed E-state index contributed by atoms with van der Waals surface area (Å²) >= 11 is 0. The van der Waals surface area contributed by atoms with Crippen molar-refractivity contribution in [2.75, 3.05) is 0 Å². The molecule has 0 unspecified atom stereocenters. The van der Waals surface area contributed by atoms with Crippen LogP contribution in [0, 0.1) is 27.7 Å². The second kappa shape index (κ2) is 6.11. The van der Waals surface area contributed by atoms with E-state index < -0.39 is 0 Å². The Hall–Kier alpha value is -2.11. The Balaban J connectivity index is 1.92. The highest BCUT2D eigenvalue weighted by Gasteiger charge is 2.17. The molecule has 2 heterocycles. The molecule has 0 aliphatic carbocycles. The largest absolute Gasteiger partial charge is 0.349 e. The first-order valence-electron chi connectivity index (χ1n) is 7.21. The Bertz CT molecular complexity index is 621. The van der Waals surface area contributed by atoms with Crippen LogP contribution in [-0.2, 0) is 11.2 Å². The van der Waals surface area contributed by atoms with Crippen LogP contribution in [0.1, 0.15) is 53.3 Å². The van der Waals surface area contributed by atoms with Crippen molar-refractivity contribution >= 4 is 5.91 Å². The number of carbonyl (C=O) groups is 1. The van der Waals surface area contributed by atoms with E-state index in [9.17, 15) is 4.79 Å². The summed E-state index contributed by atoms with van der Waals surface area (Å²) in [5, 5.41) is 17.3. The highest BCUT2D eigenvalue weighted by molar-refractivity contribution is 5.76. The van der Waals surface area contributed by atoms with Crippen LogP contribution in [-0.4, -0.2) is 26.3 Å². The average molecular weight is 289 g/mol. The van der Waals surface area contributed by atoms with Gasteiger partial charge in [0, 0.05) is 29.8 Å². The third kappa shape index (κ3) is 3.32. The van der Waals surface area contributed by atoms with Crippen molar-refractivity contribution in [1.29, 1.82) is 0 Å². The van der Waals surface area contributed by atoms with Crippen LogP contribution < -0.4 is 5.32 Å². The Morgan fingerprint density at radius 2 is 1.81 bits per heavy atom. The lowest BCUT2D eigenvalue weighted by Gasteiger charge is -2.14. The van der Waals surface area contributed by atoms with Crippen molar-refractivity contribution < 1.29 is 4.79 Å². The molecule has 21 heavy (non-hydrogen) atoms. The molecule has 0 saturated carbocycles. The van der Waals surface area contributed by atoms with Gasteiger partial charge in [-0.05, 0) is 40.2 Å². The molecule has 0 saturated heterocycles. The molecular weight excluding hydrogens is 266 g/mol. The van der Waals surface area contributed by atoms with Crippen molar-refractivity contribution in [2.45, 2.75) is 53.5 Å². The minimum Gasteiger partial charge on any atom is -0.349 e. The van der Waals surface area contributed by atoms with Crippen LogP contribution in [0.3, 0.4) is 0 Å². The van der Waals surface area contributed by atoms with Crippen LogP contribution in [0.2, 0.25) is 0 Å². The molecule has 1 amide bonds. The van der Waals surface area contributed by atoms with E-state index in [1.165, 1.54) is 0 Å². The molecule has 0 spiro atoms. The molecule has 6 nitrogen and oxygen atoms in total. The van der Waals surface area contributed by atoms with E-state index in [1.807, 2.05) is 34.6 Å². The number of aromatic nitrogens is 4. The molecular formula is C15H23N5O. The molecule has 0 radical (unpaired) electrons. The lowest BCUT2D eigenvalue weighted by atomic mass is 10.1. The lowest BCUT2D eigenvalue weighted by Crippen LogP contribution is -2.27. The Kier molecular flexibility index (Phi) is 4.45. The predicted molar refractivity (Wildman–Crippen MR) is 81.0 cm³/mol. The van der Waals surface area contributed by atoms with E-state index in [-0.39, 0.29) is 11.9 Å². The summed E-state index contributed by atoms with van der Waals surface area (Å²) in [6, 6.07) is -0.0433. The molecule has 0 bridgehead atoms. The maximum atomic E-state index is 12.1. The molecule has 0 fully saturated rings. The first-order chi connectivity index (χ1) is 9.90. The van der Waals surface area contributed by atoms with Crippen molar-refractivity contribution in [1.82, 2.24) is 25.7 Å². The molecule has 3 N–H and O–H groups in total. The van der Waals surface area contributed by atoms with Gasteiger partial charge in [0.05, 0.1) is 17.4 Å². The van der Waals surface area contributed by atoms with Gasteiger partial charge in [-0.25, -0.2) is 0 Å². The summed E-state index contributed by atoms with van der Waals surface area (Å²) in [6.07, 6.45) is 1.09. The maximum Gasteiger partial charge on any atom is 0.220 e. The first-order valence-corrected chi connectivity index (χ1v) is 7.21. The topological polar surface area (TPSA) is 86.5 Å². The minimum atomic E-state index is -0.0433. The van der Waals surface area contributed by atoms with E-state index in [0.717, 1.165) is 33.9 Å². The highest BCUT2D eigenvalue weighted by atomic mass is 16.1. The van der Waals surface area contributed by atoms with E-state index in [2.05, 4.69) is 25.7 Å². The number of aryl methyl sites for hydroxylation is 4. The standard InChI is InChI=1S/C15H23N5O/c1-8-9(2)17-20-13(8)6-7-14(21)16-10(3)15-11(4)18-19-12(15)5/h10H,6-7H2,1-5H3,(H,16,21)(H,17,20)(H,18,19)/t10-/m1/s1. The van der Waals surface area contributed by atoms with Gasteiger partial charge in [-0.15, -0.1) is 0 Å². The van der Waals surface area contributed by atoms with Gasteiger partial charge in [0.1, 0.15) is 0 Å². The first kappa shape index (κ1) is 15.3. The van der Waals surface area contributed by atoms with Crippen LogP contribution in [0.15, 0.2) is 0 Å². The highest BCUT2D eigenvalue weighted by Crippen LogP contribution is 2.19. The zero-order chi connectivity index (χ0) is 15.6. The zero-order valence-corrected chi connectivity index (χ0v) is 13.3. The van der Waals surface area contributed by atoms with E-state index >= 15 is 0 Å². The average Bonchev–Trinajstić information content (AvgIpc) is 2.92. The summed E-state index contributed by atoms with van der Waals surface area (Å²) in [5.74, 6) is 0.0301. The van der Waals surface area contributed by atoms with Gasteiger partial charge in [-0.3, -0.25) is 15.0 Å². The summed E-state index contributed by atoms with van der Waals surface area (Å²) in [7, 11) is 0. The molecule has 2 rings (SSSR count). The second-order valence-electron chi connectivity index (χ2n) is 5.56. The van der Waals surface area contributed by atoms with Crippen molar-refractivity contribution in [3.05, 3.63) is 33.9 Å². The number of carbonyl (C=O) groups excluding carboxylic acids is 1. The predicted octanol–water partition coefficient (Wildman–Crippen LogP) is 2.18. The van der Waals surface area contributed by atoms with E-state index in [0.29, 0.717) is 12.8 Å². The van der Waals surface area contributed by atoms with Gasteiger partial charge in [0.2, 0.25) is 5.91 Å². The Morgan fingerprint density at radius 1 is 1.14 bits per heavy atom. The van der Waals surface area contributed by atoms with Gasteiger partial charge in [-0.1, -0.05) is 0 Å². The van der Waals surface area contributed by atoms with Crippen LogP contribution in [0.25, 0.3) is 0 Å². The fourth-order valence-electron chi connectivity index (χ4n) is 2.59. The maximum absolute atomic E-state index is 12.1. The number of hydrogen-bond acceptors (Lipinski definition) is 3. The van der Waals surface area contributed by atoms with Gasteiger partial charge < -0.3 is 5.32 Å². The fourth-order valence-corrected chi connectivity index (χ4v) is 2.59. The lowest BCUT2D eigenvalue weighted by molar-refractivity contribution is -0.121. The summed E-state index contributed by atoms with van der Waals surface area (Å²) in [6.45, 7) is 9.89. The number of nitrogens with zero attached hydrogens (tertiary/aromatic N) is 2. The Labute approximate surface area is 124 Å². The summed E-state index contributed by atoms with van der Waals surface area (Å²) < 4.78 is 0. The zero-order valence-electron chi connectivity index (χ0n) is 13.3. The third-order valence-electron chi connectivity index (χ3n) is 3.94. The van der Waals surface area contributed by atoms with Crippen LogP contribution in [0.5, 0.6) is 0 Å². The summed E-state index contributed by atoms with van der Waals surface area (Å²) in [4.78, 5) is 12.1. The number of aromatic amines is 2. The van der Waals surface area contributed by atoms with Gasteiger partial charge >= 0.3 is 0 Å². The smallest absolute Gasteiger partial charge is 0.220 e. The monoisotopic (exact) mass is 289 g/mol. The molecule has 114 valence electrons. The van der Waals surface area contributed by atoms with E-state index in [1.54, 1.807) is 0 Å². The molecule has 1 atom stereocenters. The van der Waals surface area contributed by atoms with Gasteiger partial charge in [0.25, 0.3) is 0 Å².